The third-order valence-corrected chi connectivity index (χ3v) is 3.62. The Kier molecular flexibility index (Phi) is 4.66. The lowest BCUT2D eigenvalue weighted by Crippen LogP contribution is -2.34. The molecule has 2 rings (SSSR count). The Bertz CT molecular complexity index is 417. The first-order valence-corrected chi connectivity index (χ1v) is 6.82. The van der Waals surface area contributed by atoms with Crippen molar-refractivity contribution in [2.45, 2.75) is 50.9 Å². The zero-order chi connectivity index (χ0) is 13.8. The lowest BCUT2D eigenvalue weighted by atomic mass is 9.95. The molecule has 1 aliphatic carbocycles. The highest BCUT2D eigenvalue weighted by Crippen LogP contribution is 2.33. The van der Waals surface area contributed by atoms with Gasteiger partial charge in [0.1, 0.15) is 6.10 Å². The summed E-state index contributed by atoms with van der Waals surface area (Å²) in [6.07, 6.45) is 2.68. The number of aliphatic hydroxyl groups is 2. The second-order valence-electron chi connectivity index (χ2n) is 5.09. The van der Waals surface area contributed by atoms with E-state index in [0.717, 1.165) is 31.2 Å². The Morgan fingerprint density at radius 3 is 2.58 bits per heavy atom. The average molecular weight is 266 g/mol. The molecule has 3 atom stereocenters. The van der Waals surface area contributed by atoms with Crippen LogP contribution in [0.5, 0.6) is 11.5 Å². The molecule has 0 spiro atoms. The maximum atomic E-state index is 9.93. The van der Waals surface area contributed by atoms with Crippen molar-refractivity contribution >= 4 is 0 Å². The lowest BCUT2D eigenvalue weighted by molar-refractivity contribution is 0.00564. The van der Waals surface area contributed by atoms with Crippen LogP contribution in [-0.2, 0) is 0 Å². The zero-order valence-electron chi connectivity index (χ0n) is 11.5. The fourth-order valence-electron chi connectivity index (χ4n) is 2.42. The van der Waals surface area contributed by atoms with Gasteiger partial charge in [0.15, 0.2) is 11.5 Å². The summed E-state index contributed by atoms with van der Waals surface area (Å²) < 4.78 is 11.2. The molecule has 0 bridgehead atoms. The van der Waals surface area contributed by atoms with Crippen LogP contribution in [0.15, 0.2) is 18.2 Å². The van der Waals surface area contributed by atoms with Crippen LogP contribution in [-0.4, -0.2) is 29.5 Å². The monoisotopic (exact) mass is 266 g/mol. The quantitative estimate of drug-likeness (QED) is 0.878. The molecule has 0 saturated heterocycles. The Labute approximate surface area is 114 Å². The molecule has 1 saturated carbocycles. The van der Waals surface area contributed by atoms with Crippen molar-refractivity contribution in [1.29, 1.82) is 0 Å². The highest BCUT2D eigenvalue weighted by Gasteiger charge is 2.25. The number of rotatable bonds is 4. The van der Waals surface area contributed by atoms with Gasteiger partial charge < -0.3 is 19.7 Å². The summed E-state index contributed by atoms with van der Waals surface area (Å²) in [5, 5.41) is 19.5. The van der Waals surface area contributed by atoms with Gasteiger partial charge in [-0.2, -0.15) is 0 Å². The first kappa shape index (κ1) is 14.2. The smallest absolute Gasteiger partial charge is 0.161 e. The molecule has 1 aromatic rings. The van der Waals surface area contributed by atoms with E-state index in [1.807, 2.05) is 6.07 Å². The van der Waals surface area contributed by atoms with Gasteiger partial charge in [-0.1, -0.05) is 12.5 Å². The van der Waals surface area contributed by atoms with Crippen molar-refractivity contribution in [3.63, 3.8) is 0 Å². The number of ether oxygens (including phenoxy) is 2. The second kappa shape index (κ2) is 6.26. The number of benzene rings is 1. The molecule has 1 fully saturated rings. The maximum Gasteiger partial charge on any atom is 0.161 e. The molecule has 1 aliphatic rings. The normalized spacial score (nSPS) is 24.8. The third kappa shape index (κ3) is 3.39. The zero-order valence-corrected chi connectivity index (χ0v) is 11.5. The minimum atomic E-state index is -0.539. The molecule has 0 radical (unpaired) electrons. The van der Waals surface area contributed by atoms with Crippen LogP contribution in [0, 0.1) is 0 Å². The van der Waals surface area contributed by atoms with Gasteiger partial charge in [0, 0.05) is 0 Å². The molecule has 106 valence electrons. The van der Waals surface area contributed by atoms with E-state index < -0.39 is 12.2 Å². The van der Waals surface area contributed by atoms with Gasteiger partial charge in [0.2, 0.25) is 0 Å². The van der Waals surface area contributed by atoms with E-state index in [2.05, 4.69) is 0 Å². The van der Waals surface area contributed by atoms with E-state index >= 15 is 0 Å². The van der Waals surface area contributed by atoms with Crippen molar-refractivity contribution in [2.75, 3.05) is 7.11 Å². The molecule has 19 heavy (non-hydrogen) atoms. The third-order valence-electron chi connectivity index (χ3n) is 3.62. The molecule has 2 N–H and O–H groups in total. The van der Waals surface area contributed by atoms with Crippen LogP contribution in [0.1, 0.15) is 44.3 Å². The lowest BCUT2D eigenvalue weighted by Gasteiger charge is -2.28. The predicted octanol–water partition coefficient (Wildman–Crippen LogP) is 2.43. The van der Waals surface area contributed by atoms with Crippen molar-refractivity contribution in [2.24, 2.45) is 0 Å². The average Bonchev–Trinajstić information content (AvgIpc) is 2.41. The fraction of sp³-hybridized carbons (Fsp3) is 0.600. The van der Waals surface area contributed by atoms with E-state index in [0.29, 0.717) is 11.5 Å². The summed E-state index contributed by atoms with van der Waals surface area (Å²) in [6.45, 7) is 1.71. The Balaban J connectivity index is 2.15. The van der Waals surface area contributed by atoms with Crippen molar-refractivity contribution in [3.05, 3.63) is 23.8 Å². The topological polar surface area (TPSA) is 58.9 Å². The number of hydrogen-bond acceptors (Lipinski definition) is 4. The summed E-state index contributed by atoms with van der Waals surface area (Å²) in [5.41, 5.74) is 0.786. The fourth-order valence-corrected chi connectivity index (χ4v) is 2.42. The largest absolute Gasteiger partial charge is 0.493 e. The maximum absolute atomic E-state index is 9.93. The van der Waals surface area contributed by atoms with Gasteiger partial charge in [-0.05, 0) is 43.9 Å². The molecule has 4 nitrogen and oxygen atoms in total. The summed E-state index contributed by atoms with van der Waals surface area (Å²) in [7, 11) is 1.57. The summed E-state index contributed by atoms with van der Waals surface area (Å²) >= 11 is 0. The van der Waals surface area contributed by atoms with Gasteiger partial charge in [-0.3, -0.25) is 0 Å². The first-order chi connectivity index (χ1) is 9.11. The Morgan fingerprint density at radius 1 is 1.21 bits per heavy atom. The number of aliphatic hydroxyl groups excluding tert-OH is 2. The molecular weight excluding hydrogens is 244 g/mol. The summed E-state index contributed by atoms with van der Waals surface area (Å²) in [4.78, 5) is 0. The second-order valence-corrected chi connectivity index (χ2v) is 5.09. The van der Waals surface area contributed by atoms with Gasteiger partial charge in [-0.15, -0.1) is 0 Å². The van der Waals surface area contributed by atoms with Crippen molar-refractivity contribution < 1.29 is 19.7 Å². The van der Waals surface area contributed by atoms with Gasteiger partial charge in [-0.25, -0.2) is 0 Å². The summed E-state index contributed by atoms with van der Waals surface area (Å²) in [5.74, 6) is 1.22. The van der Waals surface area contributed by atoms with E-state index in [4.69, 9.17) is 9.47 Å². The molecule has 4 heteroatoms. The predicted molar refractivity (Wildman–Crippen MR) is 72.5 cm³/mol. The minimum absolute atomic E-state index is 0.167. The van der Waals surface area contributed by atoms with Crippen LogP contribution in [0.25, 0.3) is 0 Å². The molecule has 0 aliphatic heterocycles. The van der Waals surface area contributed by atoms with Crippen molar-refractivity contribution in [1.82, 2.24) is 0 Å². The van der Waals surface area contributed by atoms with Crippen LogP contribution in [0.2, 0.25) is 0 Å². The van der Waals surface area contributed by atoms with E-state index in [1.165, 1.54) is 0 Å². The molecule has 0 aromatic heterocycles. The van der Waals surface area contributed by atoms with E-state index in [9.17, 15) is 10.2 Å². The minimum Gasteiger partial charge on any atom is -0.493 e. The molecule has 2 unspecified atom stereocenters. The van der Waals surface area contributed by atoms with E-state index in [1.54, 1.807) is 26.2 Å². The Morgan fingerprint density at radius 2 is 1.95 bits per heavy atom. The van der Waals surface area contributed by atoms with Crippen LogP contribution in [0.4, 0.5) is 0 Å². The molecular formula is C15H22O4. The number of methoxy groups -OCH3 is 1. The highest BCUT2D eigenvalue weighted by atomic mass is 16.5. The number of hydrogen-bond donors (Lipinski definition) is 2. The van der Waals surface area contributed by atoms with Gasteiger partial charge in [0.25, 0.3) is 0 Å². The van der Waals surface area contributed by atoms with Gasteiger partial charge in [0.05, 0.1) is 19.3 Å². The van der Waals surface area contributed by atoms with E-state index in [-0.39, 0.29) is 6.10 Å². The highest BCUT2D eigenvalue weighted by molar-refractivity contribution is 5.43. The van der Waals surface area contributed by atoms with Crippen molar-refractivity contribution in [3.8, 4) is 11.5 Å². The molecule has 1 aromatic carbocycles. The van der Waals surface area contributed by atoms with Crippen LogP contribution in [0.3, 0.4) is 0 Å². The molecule has 0 amide bonds. The Hall–Kier alpha value is -1.26. The van der Waals surface area contributed by atoms with Crippen LogP contribution < -0.4 is 9.47 Å². The first-order valence-electron chi connectivity index (χ1n) is 6.82. The summed E-state index contributed by atoms with van der Waals surface area (Å²) in [6, 6.07) is 5.38. The SMILES string of the molecule is COc1cc([C@H](C)O)ccc1OC1CCCCC1O. The van der Waals surface area contributed by atoms with Gasteiger partial charge >= 0.3 is 0 Å². The molecule has 0 heterocycles. The van der Waals surface area contributed by atoms with Crippen LogP contribution >= 0.6 is 0 Å². The standard InChI is InChI=1S/C15H22O4/c1-10(16)11-7-8-14(15(9-11)18-2)19-13-6-4-3-5-12(13)17/h7-10,12-13,16-17H,3-6H2,1-2H3/t10-,12?,13?/m0/s1.